The Morgan fingerprint density at radius 3 is 3.11 bits per heavy atom. The number of carbonyl (C=O) groups is 1. The maximum atomic E-state index is 12.4. The van der Waals surface area contributed by atoms with E-state index in [2.05, 4.69) is 15.5 Å². The first-order valence-electron chi connectivity index (χ1n) is 6.18. The van der Waals surface area contributed by atoms with E-state index in [1.54, 1.807) is 12.4 Å². The van der Waals surface area contributed by atoms with Crippen molar-refractivity contribution in [2.75, 3.05) is 11.9 Å². The molecule has 0 bridgehead atoms. The van der Waals surface area contributed by atoms with E-state index >= 15 is 0 Å². The average Bonchev–Trinajstić information content (AvgIpc) is 2.97. The van der Waals surface area contributed by atoms with Crippen molar-refractivity contribution < 1.29 is 9.53 Å². The number of H-pyrrole nitrogens is 1. The summed E-state index contributed by atoms with van der Waals surface area (Å²) in [5.41, 5.74) is 5.83. The lowest BCUT2D eigenvalue weighted by molar-refractivity contribution is -0.170. The second-order valence-electron chi connectivity index (χ2n) is 5.72. The Labute approximate surface area is 105 Å². The Morgan fingerprint density at radius 1 is 1.67 bits per heavy atom. The number of rotatable bonds is 2. The third-order valence-electron chi connectivity index (χ3n) is 4.59. The van der Waals surface area contributed by atoms with Crippen molar-refractivity contribution in [1.29, 1.82) is 0 Å². The fraction of sp³-hybridized carbons (Fsp3) is 0.667. The van der Waals surface area contributed by atoms with Crippen molar-refractivity contribution in [1.82, 2.24) is 10.2 Å². The van der Waals surface area contributed by atoms with Crippen LogP contribution in [0.25, 0.3) is 0 Å². The summed E-state index contributed by atoms with van der Waals surface area (Å²) in [5, 5.41) is 9.28. The van der Waals surface area contributed by atoms with Gasteiger partial charge in [-0.1, -0.05) is 13.8 Å². The Bertz CT molecular complexity index is 470. The molecule has 1 aliphatic heterocycles. The van der Waals surface area contributed by atoms with Gasteiger partial charge in [-0.15, -0.1) is 0 Å². The monoisotopic (exact) mass is 250 g/mol. The molecule has 1 aliphatic carbocycles. The molecule has 1 aromatic heterocycles. The molecule has 0 radical (unpaired) electrons. The number of anilines is 1. The fourth-order valence-electron chi connectivity index (χ4n) is 3.40. The van der Waals surface area contributed by atoms with Crippen LogP contribution in [0, 0.1) is 11.3 Å². The van der Waals surface area contributed by atoms with Gasteiger partial charge in [-0.3, -0.25) is 9.89 Å². The average molecular weight is 250 g/mol. The van der Waals surface area contributed by atoms with Gasteiger partial charge in [-0.05, 0) is 6.42 Å². The maximum absolute atomic E-state index is 12.4. The quantitative estimate of drug-likeness (QED) is 0.712. The Hall–Kier alpha value is -1.40. The number of carbonyl (C=O) groups excluding carboxylic acids is 1. The van der Waals surface area contributed by atoms with Crippen LogP contribution in [0.5, 0.6) is 0 Å². The predicted molar refractivity (Wildman–Crippen MR) is 65.8 cm³/mol. The second-order valence-corrected chi connectivity index (χ2v) is 5.72. The fourth-order valence-corrected chi connectivity index (χ4v) is 3.40. The molecule has 3 rings (SSSR count). The molecule has 1 saturated carbocycles. The Balaban J connectivity index is 1.84. The highest BCUT2D eigenvalue weighted by atomic mass is 16.5. The summed E-state index contributed by atoms with van der Waals surface area (Å²) in [6, 6.07) is 0. The van der Waals surface area contributed by atoms with Crippen LogP contribution in [0.2, 0.25) is 0 Å². The zero-order chi connectivity index (χ0) is 13.0. The van der Waals surface area contributed by atoms with E-state index < -0.39 is 5.54 Å². The standard InChI is InChI=1S/C12H18N4O2/c1-11(2)9-8(3-4-18-9)12(11,13)10(17)16-7-5-14-15-6-7/h5-6,8-9H,3-4,13H2,1-2H3,(H,14,15)(H,16,17). The van der Waals surface area contributed by atoms with E-state index in [0.717, 1.165) is 6.42 Å². The van der Waals surface area contributed by atoms with Crippen LogP contribution < -0.4 is 11.1 Å². The van der Waals surface area contributed by atoms with E-state index in [4.69, 9.17) is 10.5 Å². The van der Waals surface area contributed by atoms with Crippen molar-refractivity contribution >= 4 is 11.6 Å². The number of ether oxygens (including phenoxy) is 1. The minimum absolute atomic E-state index is 0.0950. The number of fused-ring (bicyclic) bond motifs is 1. The normalized spacial score (nSPS) is 36.8. The first-order valence-corrected chi connectivity index (χ1v) is 6.18. The molecule has 1 amide bonds. The van der Waals surface area contributed by atoms with E-state index in [1.165, 1.54) is 0 Å². The molecule has 2 heterocycles. The Morgan fingerprint density at radius 2 is 2.44 bits per heavy atom. The molecule has 3 atom stereocenters. The van der Waals surface area contributed by atoms with Crippen LogP contribution in [-0.4, -0.2) is 34.4 Å². The van der Waals surface area contributed by atoms with Gasteiger partial charge in [0.25, 0.3) is 0 Å². The number of nitrogens with zero attached hydrogens (tertiary/aromatic N) is 1. The van der Waals surface area contributed by atoms with Crippen LogP contribution in [0.3, 0.4) is 0 Å². The van der Waals surface area contributed by atoms with E-state index in [-0.39, 0.29) is 23.3 Å². The number of hydrogen-bond acceptors (Lipinski definition) is 4. The van der Waals surface area contributed by atoms with Crippen molar-refractivity contribution in [2.24, 2.45) is 17.1 Å². The second kappa shape index (κ2) is 3.55. The number of nitrogens with two attached hydrogens (primary N) is 1. The summed E-state index contributed by atoms with van der Waals surface area (Å²) in [6.07, 6.45) is 4.15. The minimum Gasteiger partial charge on any atom is -0.377 e. The molecule has 2 aliphatic rings. The van der Waals surface area contributed by atoms with E-state index in [0.29, 0.717) is 12.3 Å². The van der Waals surface area contributed by atoms with Crippen molar-refractivity contribution in [3.8, 4) is 0 Å². The predicted octanol–water partition coefficient (Wildman–Crippen LogP) is 0.491. The Kier molecular flexibility index (Phi) is 2.30. The van der Waals surface area contributed by atoms with Gasteiger partial charge >= 0.3 is 0 Å². The molecule has 4 N–H and O–H groups in total. The van der Waals surface area contributed by atoms with Gasteiger partial charge in [0, 0.05) is 24.1 Å². The molecule has 0 aromatic carbocycles. The lowest BCUT2D eigenvalue weighted by Gasteiger charge is -2.60. The summed E-state index contributed by atoms with van der Waals surface area (Å²) in [5.74, 6) is -0.0416. The van der Waals surface area contributed by atoms with Crippen molar-refractivity contribution in [2.45, 2.75) is 31.9 Å². The van der Waals surface area contributed by atoms with Crippen molar-refractivity contribution in [3.05, 3.63) is 12.4 Å². The summed E-state index contributed by atoms with van der Waals surface area (Å²) < 4.78 is 5.67. The van der Waals surface area contributed by atoms with Crippen LogP contribution in [-0.2, 0) is 9.53 Å². The number of aromatic nitrogens is 2. The molecule has 1 saturated heterocycles. The minimum atomic E-state index is -0.870. The molecular weight excluding hydrogens is 232 g/mol. The molecule has 6 heteroatoms. The number of hydrogen-bond donors (Lipinski definition) is 3. The number of aromatic amines is 1. The van der Waals surface area contributed by atoms with Gasteiger partial charge in [0.1, 0.15) is 5.54 Å². The molecule has 3 unspecified atom stereocenters. The number of nitrogens with one attached hydrogen (secondary N) is 2. The molecular formula is C12H18N4O2. The molecule has 0 spiro atoms. The van der Waals surface area contributed by atoms with Crippen LogP contribution in [0.15, 0.2) is 12.4 Å². The van der Waals surface area contributed by atoms with E-state index in [9.17, 15) is 4.79 Å². The third kappa shape index (κ3) is 1.24. The van der Waals surface area contributed by atoms with Crippen LogP contribution in [0.4, 0.5) is 5.69 Å². The molecule has 98 valence electrons. The van der Waals surface area contributed by atoms with Gasteiger partial charge in [-0.25, -0.2) is 0 Å². The maximum Gasteiger partial charge on any atom is 0.245 e. The lowest BCUT2D eigenvalue weighted by Crippen LogP contribution is -2.79. The zero-order valence-corrected chi connectivity index (χ0v) is 10.6. The molecule has 6 nitrogen and oxygen atoms in total. The van der Waals surface area contributed by atoms with Crippen LogP contribution in [0.1, 0.15) is 20.3 Å². The SMILES string of the molecule is CC1(C)C2OCCC2C1(N)C(=O)Nc1cn[nH]c1. The third-order valence-corrected chi connectivity index (χ3v) is 4.59. The first kappa shape index (κ1) is 11.7. The summed E-state index contributed by atoms with van der Waals surface area (Å²) >= 11 is 0. The number of amides is 1. The summed E-state index contributed by atoms with van der Waals surface area (Å²) in [7, 11) is 0. The van der Waals surface area contributed by atoms with Crippen LogP contribution >= 0.6 is 0 Å². The summed E-state index contributed by atoms with van der Waals surface area (Å²) in [4.78, 5) is 12.4. The van der Waals surface area contributed by atoms with Gasteiger partial charge in [0.05, 0.1) is 18.0 Å². The molecule has 18 heavy (non-hydrogen) atoms. The van der Waals surface area contributed by atoms with Gasteiger partial charge < -0.3 is 15.8 Å². The molecule has 2 fully saturated rings. The smallest absolute Gasteiger partial charge is 0.245 e. The van der Waals surface area contributed by atoms with Gasteiger partial charge in [0.2, 0.25) is 5.91 Å². The highest BCUT2D eigenvalue weighted by molar-refractivity contribution is 6.00. The molecule has 1 aromatic rings. The highest BCUT2D eigenvalue weighted by Crippen LogP contribution is 2.58. The van der Waals surface area contributed by atoms with E-state index in [1.807, 2.05) is 13.8 Å². The van der Waals surface area contributed by atoms with Crippen molar-refractivity contribution in [3.63, 3.8) is 0 Å². The lowest BCUT2D eigenvalue weighted by atomic mass is 9.48. The largest absolute Gasteiger partial charge is 0.377 e. The first-order chi connectivity index (χ1) is 8.48. The topological polar surface area (TPSA) is 93.0 Å². The summed E-state index contributed by atoms with van der Waals surface area (Å²) in [6.45, 7) is 4.68. The highest BCUT2D eigenvalue weighted by Gasteiger charge is 2.71. The van der Waals surface area contributed by atoms with Gasteiger partial charge in [-0.2, -0.15) is 5.10 Å². The van der Waals surface area contributed by atoms with Gasteiger partial charge in [0.15, 0.2) is 0 Å². The zero-order valence-electron chi connectivity index (χ0n) is 10.6.